The predicted octanol–water partition coefficient (Wildman–Crippen LogP) is 4.22. The number of aromatic amines is 1. The minimum Gasteiger partial charge on any atom is -0.356 e. The zero-order valence-corrected chi connectivity index (χ0v) is 19.6. The van der Waals surface area contributed by atoms with E-state index in [1.54, 1.807) is 6.20 Å². The lowest BCUT2D eigenvalue weighted by atomic mass is 9.72. The molecular weight excluding hydrogens is 398 g/mol. The largest absolute Gasteiger partial charge is 0.356 e. The van der Waals surface area contributed by atoms with Crippen LogP contribution in [0.1, 0.15) is 68.4 Å². The normalized spacial score (nSPS) is 24.0. The highest BCUT2D eigenvalue weighted by Crippen LogP contribution is 2.45. The SMILES string of the molecule is CC(CCNC(=O)[C@@H]1CC2c3cccc4c3c(cn4C(C)C)C[C@H]2N(C)C1)c1ncc[nH]1. The van der Waals surface area contributed by atoms with Crippen LogP contribution >= 0.6 is 0 Å². The van der Waals surface area contributed by atoms with Crippen LogP contribution in [0.3, 0.4) is 0 Å². The van der Waals surface area contributed by atoms with Crippen LogP contribution in [0.4, 0.5) is 0 Å². The summed E-state index contributed by atoms with van der Waals surface area (Å²) in [5.74, 6) is 1.93. The van der Waals surface area contributed by atoms with E-state index in [0.29, 0.717) is 30.5 Å². The molecule has 0 saturated carbocycles. The molecule has 1 fully saturated rings. The summed E-state index contributed by atoms with van der Waals surface area (Å²) in [7, 11) is 2.20. The van der Waals surface area contributed by atoms with Gasteiger partial charge in [-0.25, -0.2) is 4.98 Å². The second-order valence-electron chi connectivity index (χ2n) is 10.1. The number of carbonyl (C=O) groups excluding carboxylic acids is 1. The molecule has 1 aliphatic carbocycles. The number of amides is 1. The van der Waals surface area contributed by atoms with Gasteiger partial charge in [0.2, 0.25) is 5.91 Å². The van der Waals surface area contributed by atoms with Crippen LogP contribution in [0.5, 0.6) is 0 Å². The number of nitrogens with one attached hydrogen (secondary N) is 2. The van der Waals surface area contributed by atoms with Gasteiger partial charge >= 0.3 is 0 Å². The van der Waals surface area contributed by atoms with E-state index in [1.807, 2.05) is 6.20 Å². The van der Waals surface area contributed by atoms with Crippen molar-refractivity contribution in [2.75, 3.05) is 20.1 Å². The number of rotatable bonds is 6. The highest BCUT2D eigenvalue weighted by Gasteiger charge is 2.41. The third-order valence-corrected chi connectivity index (χ3v) is 7.66. The lowest BCUT2D eigenvalue weighted by Gasteiger charge is -2.45. The Morgan fingerprint density at radius 3 is 2.91 bits per heavy atom. The lowest BCUT2D eigenvalue weighted by molar-refractivity contribution is -0.127. The number of likely N-dealkylation sites (tertiary alicyclic amines) is 1. The van der Waals surface area contributed by atoms with Gasteiger partial charge in [0, 0.05) is 66.5 Å². The summed E-state index contributed by atoms with van der Waals surface area (Å²) in [6.45, 7) is 8.16. The monoisotopic (exact) mass is 433 g/mol. The highest BCUT2D eigenvalue weighted by molar-refractivity contribution is 5.89. The number of hydrogen-bond donors (Lipinski definition) is 2. The van der Waals surface area contributed by atoms with Gasteiger partial charge in [0.05, 0.1) is 5.92 Å². The number of fused-ring (bicyclic) bond motifs is 2. The fourth-order valence-corrected chi connectivity index (χ4v) is 5.93. The molecule has 2 N–H and O–H groups in total. The third kappa shape index (κ3) is 3.64. The average molecular weight is 434 g/mol. The van der Waals surface area contributed by atoms with Gasteiger partial charge in [0.1, 0.15) is 5.82 Å². The molecule has 2 aromatic heterocycles. The lowest BCUT2D eigenvalue weighted by Crippen LogP contribution is -2.51. The Morgan fingerprint density at radius 1 is 1.31 bits per heavy atom. The Balaban J connectivity index is 1.31. The highest BCUT2D eigenvalue weighted by atomic mass is 16.1. The topological polar surface area (TPSA) is 66.0 Å². The molecular formula is C26H35N5O. The van der Waals surface area contributed by atoms with Gasteiger partial charge in [-0.3, -0.25) is 4.79 Å². The Kier molecular flexibility index (Phi) is 5.58. The average Bonchev–Trinajstić information content (AvgIpc) is 3.44. The van der Waals surface area contributed by atoms with Crippen LogP contribution in [0, 0.1) is 5.92 Å². The Bertz CT molecular complexity index is 1100. The molecule has 0 bridgehead atoms. The van der Waals surface area contributed by atoms with Crippen molar-refractivity contribution in [3.63, 3.8) is 0 Å². The molecule has 3 aromatic rings. The first-order valence-corrected chi connectivity index (χ1v) is 12.0. The summed E-state index contributed by atoms with van der Waals surface area (Å²) in [6, 6.07) is 7.66. The van der Waals surface area contributed by atoms with Crippen molar-refractivity contribution in [3.05, 3.63) is 53.7 Å². The molecule has 32 heavy (non-hydrogen) atoms. The second-order valence-corrected chi connectivity index (χ2v) is 10.1. The number of hydrogen-bond acceptors (Lipinski definition) is 3. The van der Waals surface area contributed by atoms with E-state index in [2.05, 4.69) is 77.0 Å². The Labute approximate surface area is 190 Å². The fraction of sp³-hybridized carbons (Fsp3) is 0.538. The first kappa shape index (κ1) is 21.3. The summed E-state index contributed by atoms with van der Waals surface area (Å²) in [6.07, 6.45) is 8.89. The molecule has 170 valence electrons. The molecule has 1 amide bonds. The van der Waals surface area contributed by atoms with Crippen LogP contribution in [0.15, 0.2) is 36.8 Å². The van der Waals surface area contributed by atoms with Crippen molar-refractivity contribution in [3.8, 4) is 0 Å². The summed E-state index contributed by atoms with van der Waals surface area (Å²) < 4.78 is 2.41. The summed E-state index contributed by atoms with van der Waals surface area (Å²) in [5.41, 5.74) is 4.24. The number of H-pyrrole nitrogens is 1. The van der Waals surface area contributed by atoms with Crippen molar-refractivity contribution >= 4 is 16.8 Å². The molecule has 2 aliphatic rings. The van der Waals surface area contributed by atoms with Crippen molar-refractivity contribution in [1.29, 1.82) is 0 Å². The van der Waals surface area contributed by atoms with Crippen molar-refractivity contribution in [2.45, 2.75) is 64.0 Å². The molecule has 4 atom stereocenters. The molecule has 1 saturated heterocycles. The van der Waals surface area contributed by atoms with E-state index >= 15 is 0 Å². The molecule has 5 rings (SSSR count). The van der Waals surface area contributed by atoms with Gasteiger partial charge in [0.25, 0.3) is 0 Å². The standard InChI is InChI=1S/C26H35N5O/c1-16(2)31-15-18-13-23-21(20-6-5-7-22(31)24(18)20)12-19(14-30(23)4)26(32)29-9-8-17(3)25-27-10-11-28-25/h5-7,10-11,15-17,19,21,23H,8-9,12-14H2,1-4H3,(H,27,28)(H,29,32)/t17?,19-,21?,23-/m1/s1. The van der Waals surface area contributed by atoms with Crippen molar-refractivity contribution in [2.24, 2.45) is 5.92 Å². The first-order chi connectivity index (χ1) is 15.4. The Morgan fingerprint density at radius 2 is 2.16 bits per heavy atom. The number of carbonyl (C=O) groups is 1. The fourth-order valence-electron chi connectivity index (χ4n) is 5.93. The predicted molar refractivity (Wildman–Crippen MR) is 128 cm³/mol. The molecule has 3 heterocycles. The van der Waals surface area contributed by atoms with Gasteiger partial charge < -0.3 is 19.8 Å². The molecule has 2 unspecified atom stereocenters. The maximum Gasteiger partial charge on any atom is 0.224 e. The van der Waals surface area contributed by atoms with E-state index in [9.17, 15) is 4.79 Å². The van der Waals surface area contributed by atoms with Gasteiger partial charge in [-0.2, -0.15) is 0 Å². The van der Waals surface area contributed by atoms with E-state index in [-0.39, 0.29) is 11.8 Å². The quantitative estimate of drug-likeness (QED) is 0.612. The van der Waals surface area contributed by atoms with Crippen LogP contribution in [0.25, 0.3) is 10.9 Å². The summed E-state index contributed by atoms with van der Waals surface area (Å²) in [4.78, 5) is 23.0. The van der Waals surface area contributed by atoms with Crippen molar-refractivity contribution < 1.29 is 4.79 Å². The summed E-state index contributed by atoms with van der Waals surface area (Å²) >= 11 is 0. The van der Waals surface area contributed by atoms with Crippen LogP contribution in [-0.4, -0.2) is 51.5 Å². The van der Waals surface area contributed by atoms with Crippen molar-refractivity contribution in [1.82, 2.24) is 24.8 Å². The third-order valence-electron chi connectivity index (χ3n) is 7.66. The summed E-state index contributed by atoms with van der Waals surface area (Å²) in [5, 5.41) is 4.65. The number of likely N-dealkylation sites (N-methyl/N-ethyl adjacent to an activating group) is 1. The molecule has 0 spiro atoms. The molecule has 1 aromatic carbocycles. The van der Waals surface area contributed by atoms with Gasteiger partial charge in [-0.05, 0) is 57.4 Å². The zero-order valence-electron chi connectivity index (χ0n) is 19.6. The van der Waals surface area contributed by atoms with E-state index in [0.717, 1.165) is 31.6 Å². The van der Waals surface area contributed by atoms with Gasteiger partial charge in [-0.1, -0.05) is 19.1 Å². The van der Waals surface area contributed by atoms with Crippen LogP contribution in [-0.2, 0) is 11.2 Å². The molecule has 6 heteroatoms. The number of piperidine rings is 1. The maximum absolute atomic E-state index is 13.1. The van der Waals surface area contributed by atoms with E-state index in [1.165, 1.54) is 22.0 Å². The minimum atomic E-state index is 0.0316. The number of imidazole rings is 1. The van der Waals surface area contributed by atoms with Crippen LogP contribution < -0.4 is 5.32 Å². The smallest absolute Gasteiger partial charge is 0.224 e. The van der Waals surface area contributed by atoms with Gasteiger partial charge in [-0.15, -0.1) is 0 Å². The van der Waals surface area contributed by atoms with E-state index < -0.39 is 0 Å². The number of benzene rings is 1. The zero-order chi connectivity index (χ0) is 22.4. The minimum absolute atomic E-state index is 0.0316. The maximum atomic E-state index is 13.1. The second kappa shape index (κ2) is 8.39. The van der Waals surface area contributed by atoms with Gasteiger partial charge in [0.15, 0.2) is 0 Å². The number of nitrogens with zero attached hydrogens (tertiary/aromatic N) is 3. The molecule has 6 nitrogen and oxygen atoms in total. The Hall–Kier alpha value is -2.60. The van der Waals surface area contributed by atoms with Crippen LogP contribution in [0.2, 0.25) is 0 Å². The molecule has 1 aliphatic heterocycles. The first-order valence-electron chi connectivity index (χ1n) is 12.0. The number of aromatic nitrogens is 3. The van der Waals surface area contributed by atoms with E-state index in [4.69, 9.17) is 0 Å². The molecule has 0 radical (unpaired) electrons.